The molecule has 3 heteroatoms. The first-order valence-electron chi connectivity index (χ1n) is 5.51. The summed E-state index contributed by atoms with van der Waals surface area (Å²) in [6.07, 6.45) is 0. The number of carbonyl (C=O) groups is 1. The van der Waals surface area contributed by atoms with Gasteiger partial charge in [-0.05, 0) is 23.9 Å². The van der Waals surface area contributed by atoms with Crippen LogP contribution >= 0.6 is 11.3 Å². The van der Waals surface area contributed by atoms with Gasteiger partial charge in [-0.15, -0.1) is 11.3 Å². The number of benzene rings is 1. The van der Waals surface area contributed by atoms with Crippen LogP contribution in [0.3, 0.4) is 0 Å². The summed E-state index contributed by atoms with van der Waals surface area (Å²) in [4.78, 5) is 14.6. The zero-order valence-corrected chi connectivity index (χ0v) is 10.8. The molecule has 0 N–H and O–H groups in total. The maximum Gasteiger partial charge on any atom is 0.263 e. The lowest BCUT2D eigenvalue weighted by molar-refractivity contribution is 0.0790. The van der Waals surface area contributed by atoms with Crippen molar-refractivity contribution in [2.45, 2.75) is 13.5 Å². The Morgan fingerprint density at radius 1 is 1.29 bits per heavy atom. The molecular weight excluding hydrogens is 230 g/mol. The largest absolute Gasteiger partial charge is 0.337 e. The molecule has 17 heavy (non-hydrogen) atoms. The third-order valence-electron chi connectivity index (χ3n) is 2.58. The summed E-state index contributed by atoms with van der Waals surface area (Å²) in [5, 5.41) is 1.92. The lowest BCUT2D eigenvalue weighted by Crippen LogP contribution is -2.25. The predicted octanol–water partition coefficient (Wildman–Crippen LogP) is 3.33. The third-order valence-corrected chi connectivity index (χ3v) is 3.44. The summed E-state index contributed by atoms with van der Waals surface area (Å²) in [7, 11) is 1.84. The molecular formula is C14H15NOS. The van der Waals surface area contributed by atoms with Gasteiger partial charge in [0, 0.05) is 13.6 Å². The molecule has 1 heterocycles. The number of carbonyl (C=O) groups excluding carboxylic acids is 1. The summed E-state index contributed by atoms with van der Waals surface area (Å²) in [6.45, 7) is 2.71. The summed E-state index contributed by atoms with van der Waals surface area (Å²) in [5.74, 6) is 0.0847. The van der Waals surface area contributed by atoms with E-state index < -0.39 is 0 Å². The van der Waals surface area contributed by atoms with Gasteiger partial charge in [-0.25, -0.2) is 0 Å². The Morgan fingerprint density at radius 3 is 2.76 bits per heavy atom. The average Bonchev–Trinajstić information content (AvgIpc) is 2.81. The van der Waals surface area contributed by atoms with Crippen molar-refractivity contribution in [3.63, 3.8) is 0 Å². The topological polar surface area (TPSA) is 20.3 Å². The van der Waals surface area contributed by atoms with Gasteiger partial charge in [0.1, 0.15) is 0 Å². The summed E-state index contributed by atoms with van der Waals surface area (Å²) in [5.41, 5.74) is 2.39. The molecule has 0 radical (unpaired) electrons. The molecule has 2 rings (SSSR count). The molecule has 0 fully saturated rings. The molecule has 0 saturated heterocycles. The van der Waals surface area contributed by atoms with Gasteiger partial charge in [0.25, 0.3) is 5.91 Å². The third kappa shape index (κ3) is 2.94. The van der Waals surface area contributed by atoms with Crippen molar-refractivity contribution < 1.29 is 4.79 Å². The minimum atomic E-state index is 0.0847. The Bertz CT molecular complexity index is 505. The van der Waals surface area contributed by atoms with Crippen LogP contribution in [0.15, 0.2) is 41.8 Å². The lowest BCUT2D eigenvalue weighted by atomic mass is 10.1. The van der Waals surface area contributed by atoms with Crippen LogP contribution in [0.25, 0.3) is 0 Å². The number of hydrogen-bond donors (Lipinski definition) is 0. The molecule has 0 aliphatic carbocycles. The fourth-order valence-electron chi connectivity index (χ4n) is 1.74. The van der Waals surface area contributed by atoms with E-state index in [0.717, 1.165) is 10.4 Å². The first-order chi connectivity index (χ1) is 8.16. The van der Waals surface area contributed by atoms with Crippen molar-refractivity contribution in [1.29, 1.82) is 0 Å². The number of nitrogens with zero attached hydrogens (tertiary/aromatic N) is 1. The molecule has 1 amide bonds. The molecule has 0 saturated carbocycles. The molecule has 0 spiro atoms. The average molecular weight is 245 g/mol. The molecule has 0 bridgehead atoms. The molecule has 0 aliphatic heterocycles. The van der Waals surface area contributed by atoms with Gasteiger partial charge in [0.15, 0.2) is 0 Å². The summed E-state index contributed by atoms with van der Waals surface area (Å²) < 4.78 is 0. The van der Waals surface area contributed by atoms with E-state index in [2.05, 4.69) is 19.1 Å². The first kappa shape index (κ1) is 11.9. The number of thiophene rings is 1. The quantitative estimate of drug-likeness (QED) is 0.812. The molecule has 0 aliphatic rings. The van der Waals surface area contributed by atoms with E-state index in [0.29, 0.717) is 6.54 Å². The highest BCUT2D eigenvalue weighted by molar-refractivity contribution is 7.12. The van der Waals surface area contributed by atoms with Crippen LogP contribution in [0.5, 0.6) is 0 Å². The zero-order valence-electron chi connectivity index (χ0n) is 10.0. The van der Waals surface area contributed by atoms with E-state index in [4.69, 9.17) is 0 Å². The molecule has 88 valence electrons. The maximum absolute atomic E-state index is 12.0. The fraction of sp³-hybridized carbons (Fsp3) is 0.214. The van der Waals surface area contributed by atoms with Crippen LogP contribution in [-0.2, 0) is 6.54 Å². The lowest BCUT2D eigenvalue weighted by Gasteiger charge is -2.16. The second kappa shape index (κ2) is 5.15. The molecule has 1 aromatic carbocycles. The monoisotopic (exact) mass is 245 g/mol. The highest BCUT2D eigenvalue weighted by Crippen LogP contribution is 2.13. The van der Waals surface area contributed by atoms with E-state index in [1.807, 2.05) is 36.7 Å². The first-order valence-corrected chi connectivity index (χ1v) is 6.39. The standard InChI is InChI=1S/C14H15NOS/c1-11-5-3-6-12(9-11)10-15(2)14(16)13-7-4-8-17-13/h3-9H,10H2,1-2H3. The Hall–Kier alpha value is -1.61. The zero-order chi connectivity index (χ0) is 12.3. The van der Waals surface area contributed by atoms with Crippen molar-refractivity contribution in [3.05, 3.63) is 57.8 Å². The van der Waals surface area contributed by atoms with Crippen molar-refractivity contribution in [2.75, 3.05) is 7.05 Å². The van der Waals surface area contributed by atoms with Crippen molar-refractivity contribution >= 4 is 17.2 Å². The highest BCUT2D eigenvalue weighted by Gasteiger charge is 2.12. The van der Waals surface area contributed by atoms with Crippen LogP contribution in [0, 0.1) is 6.92 Å². The van der Waals surface area contributed by atoms with Crippen molar-refractivity contribution in [3.8, 4) is 0 Å². The van der Waals surface area contributed by atoms with Gasteiger partial charge in [-0.2, -0.15) is 0 Å². The molecule has 0 unspecified atom stereocenters. The second-order valence-corrected chi connectivity index (χ2v) is 5.08. The number of amides is 1. The van der Waals surface area contributed by atoms with Gasteiger partial charge in [-0.1, -0.05) is 35.9 Å². The van der Waals surface area contributed by atoms with Crippen LogP contribution in [0.2, 0.25) is 0 Å². The normalized spacial score (nSPS) is 10.2. The van der Waals surface area contributed by atoms with E-state index in [1.165, 1.54) is 16.9 Å². The SMILES string of the molecule is Cc1cccc(CN(C)C(=O)c2cccs2)c1. The van der Waals surface area contributed by atoms with Crippen LogP contribution in [0.4, 0.5) is 0 Å². The van der Waals surface area contributed by atoms with Crippen LogP contribution in [0.1, 0.15) is 20.8 Å². The van der Waals surface area contributed by atoms with E-state index >= 15 is 0 Å². The Labute approximate surface area is 106 Å². The Balaban J connectivity index is 2.07. The van der Waals surface area contributed by atoms with Crippen LogP contribution in [-0.4, -0.2) is 17.9 Å². The molecule has 2 nitrogen and oxygen atoms in total. The van der Waals surface area contributed by atoms with Gasteiger partial charge >= 0.3 is 0 Å². The van der Waals surface area contributed by atoms with E-state index in [1.54, 1.807) is 4.90 Å². The minimum Gasteiger partial charge on any atom is -0.337 e. The molecule has 0 atom stereocenters. The molecule has 2 aromatic rings. The van der Waals surface area contributed by atoms with E-state index in [9.17, 15) is 4.79 Å². The van der Waals surface area contributed by atoms with Crippen molar-refractivity contribution in [1.82, 2.24) is 4.90 Å². The number of hydrogen-bond acceptors (Lipinski definition) is 2. The summed E-state index contributed by atoms with van der Waals surface area (Å²) in [6, 6.07) is 12.0. The fourth-order valence-corrected chi connectivity index (χ4v) is 2.46. The minimum absolute atomic E-state index is 0.0847. The smallest absolute Gasteiger partial charge is 0.263 e. The van der Waals surface area contributed by atoms with Crippen molar-refractivity contribution in [2.24, 2.45) is 0 Å². The van der Waals surface area contributed by atoms with E-state index in [-0.39, 0.29) is 5.91 Å². The van der Waals surface area contributed by atoms with Gasteiger partial charge in [0.05, 0.1) is 4.88 Å². The number of aryl methyl sites for hydroxylation is 1. The van der Waals surface area contributed by atoms with Crippen LogP contribution < -0.4 is 0 Å². The number of rotatable bonds is 3. The summed E-state index contributed by atoms with van der Waals surface area (Å²) >= 11 is 1.48. The maximum atomic E-state index is 12.0. The Kier molecular flexibility index (Phi) is 3.59. The van der Waals surface area contributed by atoms with Gasteiger partial charge in [-0.3, -0.25) is 4.79 Å². The second-order valence-electron chi connectivity index (χ2n) is 4.13. The predicted molar refractivity (Wildman–Crippen MR) is 71.3 cm³/mol. The van der Waals surface area contributed by atoms with Gasteiger partial charge in [0.2, 0.25) is 0 Å². The molecule has 1 aromatic heterocycles. The highest BCUT2D eigenvalue weighted by atomic mass is 32.1. The van der Waals surface area contributed by atoms with Gasteiger partial charge < -0.3 is 4.90 Å². The Morgan fingerprint density at radius 2 is 2.12 bits per heavy atom.